The number of carbonyl (C=O) groups excluding carboxylic acids is 1. The Kier molecular flexibility index (Phi) is 4.77. The Morgan fingerprint density at radius 2 is 1.86 bits per heavy atom. The van der Waals surface area contributed by atoms with Gasteiger partial charge in [-0.05, 0) is 29.8 Å². The first kappa shape index (κ1) is 16.0. The van der Waals surface area contributed by atoms with E-state index in [-0.39, 0.29) is 23.6 Å². The Hall–Kier alpha value is -2.41. The maximum absolute atomic E-state index is 13.1. The normalized spacial score (nSPS) is 11.0. The van der Waals surface area contributed by atoms with Crippen molar-refractivity contribution in [1.82, 2.24) is 5.32 Å². The summed E-state index contributed by atoms with van der Waals surface area (Å²) in [5.41, 5.74) is 1.01. The number of carbonyl (C=O) groups is 1. The van der Waals surface area contributed by atoms with Crippen molar-refractivity contribution in [1.29, 1.82) is 0 Å². The van der Waals surface area contributed by atoms with Crippen LogP contribution in [0.5, 0.6) is 0 Å². The summed E-state index contributed by atoms with van der Waals surface area (Å²) in [7, 11) is -3.49. The smallest absolute Gasteiger partial charge is 0.253 e. The van der Waals surface area contributed by atoms with Gasteiger partial charge in [0.15, 0.2) is 0 Å². The van der Waals surface area contributed by atoms with Gasteiger partial charge in [-0.15, -0.1) is 0 Å². The number of rotatable bonds is 5. The molecule has 2 rings (SSSR count). The minimum Gasteiger partial charge on any atom is -0.348 e. The van der Waals surface area contributed by atoms with E-state index in [1.54, 1.807) is 24.3 Å². The summed E-state index contributed by atoms with van der Waals surface area (Å²) < 4.78 is 38.0. The van der Waals surface area contributed by atoms with Crippen molar-refractivity contribution >= 4 is 21.6 Å². The number of amides is 1. The molecule has 0 spiro atoms. The van der Waals surface area contributed by atoms with Crippen LogP contribution in [0.15, 0.2) is 48.5 Å². The number of hydrogen-bond donors (Lipinski definition) is 2. The minimum absolute atomic E-state index is 0.143. The molecule has 0 saturated carbocycles. The summed E-state index contributed by atoms with van der Waals surface area (Å²) in [5.74, 6) is -0.832. The van der Waals surface area contributed by atoms with Gasteiger partial charge < -0.3 is 5.32 Å². The third-order valence-corrected chi connectivity index (χ3v) is 3.40. The number of para-hydroxylation sites is 1. The quantitative estimate of drug-likeness (QED) is 0.885. The number of anilines is 1. The van der Waals surface area contributed by atoms with Crippen LogP contribution in [-0.2, 0) is 16.6 Å². The van der Waals surface area contributed by atoms with Crippen molar-refractivity contribution in [2.24, 2.45) is 0 Å². The van der Waals surface area contributed by atoms with Crippen LogP contribution in [0.3, 0.4) is 0 Å². The lowest BCUT2D eigenvalue weighted by atomic mass is 10.1. The molecule has 0 fully saturated rings. The zero-order valence-electron chi connectivity index (χ0n) is 11.8. The maximum atomic E-state index is 13.1. The molecular weight excluding hydrogens is 307 g/mol. The fourth-order valence-corrected chi connectivity index (χ4v) is 2.47. The van der Waals surface area contributed by atoms with Crippen molar-refractivity contribution in [2.45, 2.75) is 6.54 Å². The third-order valence-electron chi connectivity index (χ3n) is 2.81. The lowest BCUT2D eigenvalue weighted by molar-refractivity contribution is 0.0951. The fourth-order valence-electron chi connectivity index (χ4n) is 1.89. The standard InChI is InChI=1S/C15H15FN2O3S/c1-22(20,21)18-14-8-3-2-7-13(14)15(19)17-10-11-5-4-6-12(16)9-11/h2-9,18H,10H2,1H3,(H,17,19). The van der Waals surface area contributed by atoms with E-state index < -0.39 is 15.9 Å². The molecule has 0 aliphatic heterocycles. The van der Waals surface area contributed by atoms with Gasteiger partial charge in [-0.3, -0.25) is 9.52 Å². The van der Waals surface area contributed by atoms with Crippen LogP contribution >= 0.6 is 0 Å². The predicted molar refractivity (Wildman–Crippen MR) is 82.5 cm³/mol. The summed E-state index contributed by atoms with van der Waals surface area (Å²) in [6, 6.07) is 12.1. The molecule has 0 aliphatic carbocycles. The van der Waals surface area contributed by atoms with Crippen LogP contribution in [-0.4, -0.2) is 20.6 Å². The van der Waals surface area contributed by atoms with Crippen LogP contribution in [0.4, 0.5) is 10.1 Å². The van der Waals surface area contributed by atoms with Crippen molar-refractivity contribution in [2.75, 3.05) is 11.0 Å². The van der Waals surface area contributed by atoms with Crippen LogP contribution < -0.4 is 10.0 Å². The van der Waals surface area contributed by atoms with Crippen LogP contribution in [0.1, 0.15) is 15.9 Å². The first-order chi connectivity index (χ1) is 10.3. The summed E-state index contributed by atoms with van der Waals surface area (Å²) in [5, 5.41) is 2.63. The van der Waals surface area contributed by atoms with Crippen LogP contribution in [0.25, 0.3) is 0 Å². The largest absolute Gasteiger partial charge is 0.348 e. The first-order valence-electron chi connectivity index (χ1n) is 6.44. The lowest BCUT2D eigenvalue weighted by Gasteiger charge is -2.11. The molecule has 0 atom stereocenters. The fraction of sp³-hybridized carbons (Fsp3) is 0.133. The molecule has 0 heterocycles. The van der Waals surface area contributed by atoms with E-state index in [0.717, 1.165) is 6.26 Å². The van der Waals surface area contributed by atoms with Gasteiger partial charge in [-0.1, -0.05) is 24.3 Å². The van der Waals surface area contributed by atoms with Crippen LogP contribution in [0.2, 0.25) is 0 Å². The van der Waals surface area contributed by atoms with Gasteiger partial charge in [0.2, 0.25) is 10.0 Å². The van der Waals surface area contributed by atoms with Crippen molar-refractivity contribution in [3.63, 3.8) is 0 Å². The van der Waals surface area contributed by atoms with Gasteiger partial charge in [0.25, 0.3) is 5.91 Å². The lowest BCUT2D eigenvalue weighted by Crippen LogP contribution is -2.24. The van der Waals surface area contributed by atoms with Gasteiger partial charge in [-0.25, -0.2) is 12.8 Å². The first-order valence-corrected chi connectivity index (χ1v) is 8.34. The van der Waals surface area contributed by atoms with Gasteiger partial charge in [0.05, 0.1) is 17.5 Å². The molecule has 2 N–H and O–H groups in total. The van der Waals surface area contributed by atoms with Gasteiger partial charge in [-0.2, -0.15) is 0 Å². The molecule has 0 bridgehead atoms. The number of nitrogens with one attached hydrogen (secondary N) is 2. The van der Waals surface area contributed by atoms with E-state index in [4.69, 9.17) is 0 Å². The molecular formula is C15H15FN2O3S. The Balaban J connectivity index is 2.13. The highest BCUT2D eigenvalue weighted by molar-refractivity contribution is 7.92. The average Bonchev–Trinajstić information content (AvgIpc) is 2.44. The molecule has 0 saturated heterocycles. The Morgan fingerprint density at radius 1 is 1.14 bits per heavy atom. The van der Waals surface area contributed by atoms with E-state index in [1.807, 2.05) is 0 Å². The molecule has 0 radical (unpaired) electrons. The maximum Gasteiger partial charge on any atom is 0.253 e. The highest BCUT2D eigenvalue weighted by atomic mass is 32.2. The van der Waals surface area contributed by atoms with Gasteiger partial charge >= 0.3 is 0 Å². The second-order valence-electron chi connectivity index (χ2n) is 4.73. The second-order valence-corrected chi connectivity index (χ2v) is 6.48. The molecule has 1 amide bonds. The van der Waals surface area contributed by atoms with E-state index in [0.29, 0.717) is 5.56 Å². The summed E-state index contributed by atoms with van der Waals surface area (Å²) in [6.45, 7) is 0.143. The Bertz CT molecular complexity index is 791. The minimum atomic E-state index is -3.49. The molecule has 116 valence electrons. The summed E-state index contributed by atoms with van der Waals surface area (Å²) in [4.78, 5) is 12.2. The Labute approximate surface area is 128 Å². The monoisotopic (exact) mass is 322 g/mol. The van der Waals surface area contributed by atoms with Crippen LogP contribution in [0, 0.1) is 5.82 Å². The SMILES string of the molecule is CS(=O)(=O)Nc1ccccc1C(=O)NCc1cccc(F)c1. The van der Waals surface area contributed by atoms with E-state index in [9.17, 15) is 17.6 Å². The van der Waals surface area contributed by atoms with Gasteiger partial charge in [0.1, 0.15) is 5.82 Å². The highest BCUT2D eigenvalue weighted by Crippen LogP contribution is 2.16. The molecule has 0 aromatic heterocycles. The number of hydrogen-bond acceptors (Lipinski definition) is 3. The molecule has 5 nitrogen and oxygen atoms in total. The number of halogens is 1. The molecule has 0 aliphatic rings. The second kappa shape index (κ2) is 6.57. The van der Waals surface area contributed by atoms with Crippen molar-refractivity contribution in [3.8, 4) is 0 Å². The molecule has 0 unspecified atom stereocenters. The summed E-state index contributed by atoms with van der Waals surface area (Å²) in [6.07, 6.45) is 1.01. The zero-order valence-corrected chi connectivity index (χ0v) is 12.7. The van der Waals surface area contributed by atoms with E-state index in [1.165, 1.54) is 24.3 Å². The molecule has 22 heavy (non-hydrogen) atoms. The third kappa shape index (κ3) is 4.56. The molecule has 2 aromatic carbocycles. The topological polar surface area (TPSA) is 75.3 Å². The highest BCUT2D eigenvalue weighted by Gasteiger charge is 2.13. The molecule has 2 aromatic rings. The van der Waals surface area contributed by atoms with Crippen molar-refractivity contribution in [3.05, 3.63) is 65.5 Å². The zero-order chi connectivity index (χ0) is 16.2. The molecule has 7 heteroatoms. The number of sulfonamides is 1. The average molecular weight is 322 g/mol. The van der Waals surface area contributed by atoms with Gasteiger partial charge in [0, 0.05) is 6.54 Å². The van der Waals surface area contributed by atoms with E-state index in [2.05, 4.69) is 10.0 Å². The summed E-state index contributed by atoms with van der Waals surface area (Å²) >= 11 is 0. The predicted octanol–water partition coefficient (Wildman–Crippen LogP) is 2.13. The number of benzene rings is 2. The van der Waals surface area contributed by atoms with E-state index >= 15 is 0 Å². The van der Waals surface area contributed by atoms with Crippen molar-refractivity contribution < 1.29 is 17.6 Å². The Morgan fingerprint density at radius 3 is 2.55 bits per heavy atom.